The summed E-state index contributed by atoms with van der Waals surface area (Å²) in [5, 5.41) is 39.3. The molecule has 0 aromatic heterocycles. The highest BCUT2D eigenvalue weighted by Gasteiger charge is 2.44. The van der Waals surface area contributed by atoms with E-state index in [0.29, 0.717) is 0 Å². The van der Waals surface area contributed by atoms with Crippen molar-refractivity contribution in [3.05, 3.63) is 0 Å². The minimum absolute atomic E-state index is 0.00689. The van der Waals surface area contributed by atoms with Gasteiger partial charge >= 0.3 is 11.9 Å². The number of hydrogen-bond donors (Lipinski definition) is 6. The van der Waals surface area contributed by atoms with E-state index in [9.17, 15) is 29.7 Å². The molecule has 2 aliphatic rings. The molecule has 0 aromatic carbocycles. The van der Waals surface area contributed by atoms with Crippen LogP contribution >= 0.6 is 11.8 Å². The lowest BCUT2D eigenvalue weighted by molar-refractivity contribution is -0.251. The largest absolute Gasteiger partial charge is 0.463 e. The Balaban J connectivity index is 0.000000380. The summed E-state index contributed by atoms with van der Waals surface area (Å²) in [6.07, 6.45) is -6.18. The first-order valence-electron chi connectivity index (χ1n) is 10.7. The fourth-order valence-corrected chi connectivity index (χ4v) is 3.84. The van der Waals surface area contributed by atoms with Crippen LogP contribution in [0.25, 0.3) is 0 Å². The molecule has 0 aliphatic carbocycles. The van der Waals surface area contributed by atoms with Crippen molar-refractivity contribution in [2.24, 2.45) is 11.8 Å². The maximum absolute atomic E-state index is 11.3. The first-order chi connectivity index (χ1) is 15.8. The van der Waals surface area contributed by atoms with Gasteiger partial charge in [0.1, 0.15) is 31.0 Å². The standard InChI is InChI=1S/C14H23NO6.C6H12ClNO5/c1-7-8(2)13(15-9(3)16)14(20-11(5)18)21-12(7)6-19-10(4)17;7-8-3-5(11)4(10)2(1-9)13-6(3)12/h7-8,12-14H,6H2,1-5H3,(H,15,16);2-6,8-12H,1H2/t7-,8-,12?,13?,14+;2?,3?,4-,5-,6-/m01/s1. The Kier molecular flexibility index (Phi) is 12.6. The van der Waals surface area contributed by atoms with Crippen LogP contribution in [0.5, 0.6) is 0 Å². The molecule has 14 heteroatoms. The third kappa shape index (κ3) is 8.57. The molecular formula is C20H35ClN2O11. The molecular weight excluding hydrogens is 480 g/mol. The lowest BCUT2D eigenvalue weighted by Gasteiger charge is -2.43. The number of carbonyl (C=O) groups is 3. The fourth-order valence-electron chi connectivity index (χ4n) is 3.60. The molecule has 10 atom stereocenters. The number of hydrogen-bond acceptors (Lipinski definition) is 12. The molecule has 13 nitrogen and oxygen atoms in total. The van der Waals surface area contributed by atoms with Crippen LogP contribution in [0.1, 0.15) is 34.6 Å². The van der Waals surface area contributed by atoms with E-state index in [-0.39, 0.29) is 24.3 Å². The molecule has 2 saturated heterocycles. The average molecular weight is 515 g/mol. The quantitative estimate of drug-likeness (QED) is 0.171. The molecule has 0 aromatic rings. The number of aliphatic hydroxyl groups excluding tert-OH is 4. The summed E-state index contributed by atoms with van der Waals surface area (Å²) >= 11 is 5.20. The van der Waals surface area contributed by atoms with Crippen LogP contribution in [0.2, 0.25) is 0 Å². The third-order valence-electron chi connectivity index (χ3n) is 5.71. The molecule has 1 amide bonds. The van der Waals surface area contributed by atoms with Crippen molar-refractivity contribution in [1.29, 1.82) is 0 Å². The zero-order valence-corrected chi connectivity index (χ0v) is 20.5. The van der Waals surface area contributed by atoms with Crippen LogP contribution in [0.15, 0.2) is 0 Å². The van der Waals surface area contributed by atoms with E-state index in [4.69, 9.17) is 35.8 Å². The molecule has 0 bridgehead atoms. The second-order valence-corrected chi connectivity index (χ2v) is 8.48. The fraction of sp³-hybridized carbons (Fsp3) is 0.850. The zero-order valence-electron chi connectivity index (χ0n) is 19.7. The highest BCUT2D eigenvalue weighted by atomic mass is 35.5. The van der Waals surface area contributed by atoms with Gasteiger partial charge in [-0.1, -0.05) is 13.8 Å². The Morgan fingerprint density at radius 2 is 1.53 bits per heavy atom. The summed E-state index contributed by atoms with van der Waals surface area (Å²) in [5.74, 6) is -1.10. The number of carbonyl (C=O) groups excluding carboxylic acids is 3. The number of amides is 1. The molecule has 4 unspecified atom stereocenters. The molecule has 2 aliphatic heterocycles. The molecule has 2 heterocycles. The average Bonchev–Trinajstić information content (AvgIpc) is 2.75. The van der Waals surface area contributed by atoms with Gasteiger partial charge in [-0.15, -0.1) is 0 Å². The molecule has 0 saturated carbocycles. The second-order valence-electron chi connectivity index (χ2n) is 8.26. The number of ether oxygens (including phenoxy) is 4. The molecule has 2 fully saturated rings. The van der Waals surface area contributed by atoms with Gasteiger partial charge in [0.15, 0.2) is 6.29 Å². The van der Waals surface area contributed by atoms with Gasteiger partial charge in [0.25, 0.3) is 0 Å². The van der Waals surface area contributed by atoms with Crippen LogP contribution in [0.3, 0.4) is 0 Å². The van der Waals surface area contributed by atoms with Crippen molar-refractivity contribution in [3.63, 3.8) is 0 Å². The summed E-state index contributed by atoms with van der Waals surface area (Å²) in [5.41, 5.74) is 0. The number of nitrogens with one attached hydrogen (secondary N) is 2. The monoisotopic (exact) mass is 514 g/mol. The summed E-state index contributed by atoms with van der Waals surface area (Å²) in [7, 11) is 0. The van der Waals surface area contributed by atoms with E-state index >= 15 is 0 Å². The van der Waals surface area contributed by atoms with Crippen LogP contribution in [0, 0.1) is 11.8 Å². The van der Waals surface area contributed by atoms with Gasteiger partial charge < -0.3 is 44.7 Å². The highest BCUT2D eigenvalue weighted by molar-refractivity contribution is 6.13. The van der Waals surface area contributed by atoms with E-state index in [1.54, 1.807) is 0 Å². The molecule has 2 rings (SSSR count). The summed E-state index contributed by atoms with van der Waals surface area (Å²) in [4.78, 5) is 35.5. The maximum atomic E-state index is 11.3. The number of aliphatic hydroxyl groups is 4. The summed E-state index contributed by atoms with van der Waals surface area (Å²) in [6.45, 7) is 7.48. The lowest BCUT2D eigenvalue weighted by Crippen LogP contribution is -2.61. The highest BCUT2D eigenvalue weighted by Crippen LogP contribution is 2.31. The SMILES string of the molecule is CC(=O)NC1[C@H](OC(C)=O)OC(COC(C)=O)[C@@H](C)[C@@H]1C.OCC1O[C@@H](O)C(NCl)[C@@H](O)[C@@H]1O. The van der Waals surface area contributed by atoms with Crippen molar-refractivity contribution in [2.75, 3.05) is 13.2 Å². The number of esters is 2. The molecule has 198 valence electrons. The van der Waals surface area contributed by atoms with Gasteiger partial charge in [-0.25, -0.2) is 4.84 Å². The first kappa shape index (κ1) is 30.5. The van der Waals surface area contributed by atoms with Gasteiger partial charge in [0.05, 0.1) is 18.8 Å². The van der Waals surface area contributed by atoms with Crippen molar-refractivity contribution >= 4 is 29.6 Å². The van der Waals surface area contributed by atoms with E-state index in [0.717, 1.165) is 0 Å². The summed E-state index contributed by atoms with van der Waals surface area (Å²) in [6, 6.07) is -1.41. The third-order valence-corrected chi connectivity index (χ3v) is 5.97. The number of rotatable bonds is 6. The predicted octanol–water partition coefficient (Wildman–Crippen LogP) is -1.86. The van der Waals surface area contributed by atoms with E-state index in [1.165, 1.54) is 20.8 Å². The maximum Gasteiger partial charge on any atom is 0.305 e. The smallest absolute Gasteiger partial charge is 0.305 e. The first-order valence-corrected chi connectivity index (χ1v) is 11.1. The zero-order chi connectivity index (χ0) is 26.2. The van der Waals surface area contributed by atoms with Crippen LogP contribution in [-0.2, 0) is 33.3 Å². The van der Waals surface area contributed by atoms with E-state index in [1.807, 2.05) is 13.8 Å². The molecule has 6 N–H and O–H groups in total. The Morgan fingerprint density at radius 1 is 0.912 bits per heavy atom. The minimum Gasteiger partial charge on any atom is -0.463 e. The Bertz CT molecular complexity index is 683. The van der Waals surface area contributed by atoms with Crippen molar-refractivity contribution in [2.45, 2.75) is 83.7 Å². The van der Waals surface area contributed by atoms with E-state index in [2.05, 4.69) is 10.2 Å². The van der Waals surface area contributed by atoms with Gasteiger partial charge in [-0.3, -0.25) is 14.4 Å². The van der Waals surface area contributed by atoms with Crippen molar-refractivity contribution in [3.8, 4) is 0 Å². The van der Waals surface area contributed by atoms with Crippen molar-refractivity contribution < 1.29 is 53.8 Å². The van der Waals surface area contributed by atoms with Crippen LogP contribution in [-0.4, -0.2) is 101 Å². The summed E-state index contributed by atoms with van der Waals surface area (Å²) < 4.78 is 20.6. The van der Waals surface area contributed by atoms with Crippen LogP contribution < -0.4 is 10.2 Å². The predicted molar refractivity (Wildman–Crippen MR) is 116 cm³/mol. The van der Waals surface area contributed by atoms with Gasteiger partial charge in [0.2, 0.25) is 12.2 Å². The molecule has 0 radical (unpaired) electrons. The normalized spacial score (nSPS) is 37.6. The topological polar surface area (TPSA) is 193 Å². The van der Waals surface area contributed by atoms with Gasteiger partial charge in [0, 0.05) is 20.8 Å². The molecule has 34 heavy (non-hydrogen) atoms. The lowest BCUT2D eigenvalue weighted by atomic mass is 9.82. The Morgan fingerprint density at radius 3 is 2.00 bits per heavy atom. The Labute approximate surface area is 202 Å². The van der Waals surface area contributed by atoms with E-state index < -0.39 is 67.6 Å². The molecule has 0 spiro atoms. The Hall–Kier alpha value is -1.58. The van der Waals surface area contributed by atoms with Crippen LogP contribution in [0.4, 0.5) is 0 Å². The minimum atomic E-state index is -1.35. The van der Waals surface area contributed by atoms with Gasteiger partial charge in [-0.05, 0) is 23.6 Å². The van der Waals surface area contributed by atoms with Crippen molar-refractivity contribution in [1.82, 2.24) is 10.2 Å². The number of halogens is 1. The van der Waals surface area contributed by atoms with Gasteiger partial charge in [-0.2, -0.15) is 0 Å². The second kappa shape index (κ2) is 14.1.